The minimum Gasteiger partial charge on any atom is -0.490 e. The van der Waals surface area contributed by atoms with Gasteiger partial charge in [0, 0.05) is 18.4 Å². The molecule has 2 N–H and O–H groups in total. The van der Waals surface area contributed by atoms with Crippen LogP contribution in [0.25, 0.3) is 0 Å². The number of hydrogen-bond acceptors (Lipinski definition) is 3. The number of hydrogen-bond donors (Lipinski definition) is 1. The Bertz CT molecular complexity index is 407. The molecule has 0 aromatic heterocycles. The molecule has 3 nitrogen and oxygen atoms in total. The Labute approximate surface area is 102 Å². The van der Waals surface area contributed by atoms with Crippen LogP contribution >= 0.6 is 0 Å². The van der Waals surface area contributed by atoms with Gasteiger partial charge in [0.1, 0.15) is 0 Å². The number of benzene rings is 1. The van der Waals surface area contributed by atoms with Crippen molar-refractivity contribution in [3.63, 3.8) is 0 Å². The Kier molecular flexibility index (Phi) is 2.71. The van der Waals surface area contributed by atoms with Crippen LogP contribution in [-0.2, 0) is 5.41 Å². The summed E-state index contributed by atoms with van der Waals surface area (Å²) < 4.78 is 11.4. The van der Waals surface area contributed by atoms with Gasteiger partial charge in [-0.25, -0.2) is 0 Å². The van der Waals surface area contributed by atoms with Gasteiger partial charge in [-0.1, -0.05) is 12.5 Å². The molecule has 1 aromatic rings. The van der Waals surface area contributed by atoms with Crippen LogP contribution in [0.5, 0.6) is 11.5 Å². The van der Waals surface area contributed by atoms with Crippen molar-refractivity contribution < 1.29 is 9.47 Å². The van der Waals surface area contributed by atoms with Crippen LogP contribution < -0.4 is 15.2 Å². The van der Waals surface area contributed by atoms with Gasteiger partial charge >= 0.3 is 0 Å². The van der Waals surface area contributed by atoms with Crippen LogP contribution in [0.3, 0.4) is 0 Å². The van der Waals surface area contributed by atoms with E-state index in [0.29, 0.717) is 0 Å². The molecule has 1 aromatic carbocycles. The predicted molar refractivity (Wildman–Crippen MR) is 66.6 cm³/mol. The summed E-state index contributed by atoms with van der Waals surface area (Å²) in [5.41, 5.74) is 7.45. The van der Waals surface area contributed by atoms with Gasteiger partial charge in [0.05, 0.1) is 13.2 Å². The standard InChI is InChI=1S/C14H19NO2/c15-10-14(5-1-6-14)11-3-4-12-13(9-11)17-8-2-7-16-12/h3-4,9H,1-2,5-8,10,15H2. The fourth-order valence-corrected chi connectivity index (χ4v) is 2.71. The van der Waals surface area contributed by atoms with Crippen molar-refractivity contribution in [3.05, 3.63) is 23.8 Å². The van der Waals surface area contributed by atoms with Crippen molar-refractivity contribution in [2.24, 2.45) is 5.73 Å². The van der Waals surface area contributed by atoms with Crippen LogP contribution in [0, 0.1) is 0 Å². The minimum atomic E-state index is 0.199. The van der Waals surface area contributed by atoms with E-state index in [1.165, 1.54) is 24.8 Å². The summed E-state index contributed by atoms with van der Waals surface area (Å²) in [4.78, 5) is 0. The normalized spacial score (nSPS) is 21.5. The number of nitrogens with two attached hydrogens (primary N) is 1. The highest BCUT2D eigenvalue weighted by Crippen LogP contribution is 2.45. The maximum Gasteiger partial charge on any atom is 0.161 e. The molecule has 92 valence electrons. The SMILES string of the molecule is NCC1(c2ccc3c(c2)OCCCO3)CCC1. The van der Waals surface area contributed by atoms with Crippen molar-refractivity contribution >= 4 is 0 Å². The van der Waals surface area contributed by atoms with Crippen molar-refractivity contribution in [1.29, 1.82) is 0 Å². The van der Waals surface area contributed by atoms with Gasteiger partial charge in [0.15, 0.2) is 11.5 Å². The van der Waals surface area contributed by atoms with E-state index >= 15 is 0 Å². The zero-order chi connectivity index (χ0) is 11.7. The summed E-state index contributed by atoms with van der Waals surface area (Å²) in [6.45, 7) is 2.22. The van der Waals surface area contributed by atoms with Gasteiger partial charge in [-0.15, -0.1) is 0 Å². The Morgan fingerprint density at radius 2 is 1.82 bits per heavy atom. The molecule has 0 bridgehead atoms. The molecule has 1 aliphatic heterocycles. The minimum absolute atomic E-state index is 0.199. The molecular formula is C14H19NO2. The lowest BCUT2D eigenvalue weighted by molar-refractivity contribution is 0.251. The molecule has 0 spiro atoms. The van der Waals surface area contributed by atoms with Crippen LogP contribution in [-0.4, -0.2) is 19.8 Å². The molecule has 1 fully saturated rings. The zero-order valence-electron chi connectivity index (χ0n) is 10.1. The van der Waals surface area contributed by atoms with Crippen LogP contribution in [0.1, 0.15) is 31.2 Å². The van der Waals surface area contributed by atoms with Crippen molar-refractivity contribution in [2.75, 3.05) is 19.8 Å². The van der Waals surface area contributed by atoms with E-state index in [1.807, 2.05) is 6.07 Å². The fourth-order valence-electron chi connectivity index (χ4n) is 2.71. The molecule has 1 aliphatic carbocycles. The fraction of sp³-hybridized carbons (Fsp3) is 0.571. The zero-order valence-corrected chi connectivity index (χ0v) is 10.1. The highest BCUT2D eigenvalue weighted by Gasteiger charge is 2.37. The topological polar surface area (TPSA) is 44.5 Å². The van der Waals surface area contributed by atoms with Crippen LogP contribution in [0.4, 0.5) is 0 Å². The summed E-state index contributed by atoms with van der Waals surface area (Å²) in [6, 6.07) is 6.32. The summed E-state index contributed by atoms with van der Waals surface area (Å²) in [6.07, 6.45) is 4.63. The van der Waals surface area contributed by atoms with Gasteiger partial charge in [0.25, 0.3) is 0 Å². The first-order valence-corrected chi connectivity index (χ1v) is 6.44. The lowest BCUT2D eigenvalue weighted by atomic mass is 9.64. The molecule has 0 unspecified atom stereocenters. The van der Waals surface area contributed by atoms with Crippen molar-refractivity contribution in [1.82, 2.24) is 0 Å². The van der Waals surface area contributed by atoms with Crippen molar-refractivity contribution in [2.45, 2.75) is 31.1 Å². The molecule has 0 amide bonds. The van der Waals surface area contributed by atoms with E-state index in [9.17, 15) is 0 Å². The Balaban J connectivity index is 1.94. The average Bonchev–Trinajstić information content (AvgIpc) is 2.53. The molecule has 3 heteroatoms. The maximum absolute atomic E-state index is 5.94. The molecule has 2 aliphatic rings. The molecule has 1 heterocycles. The third kappa shape index (κ3) is 1.78. The summed E-state index contributed by atoms with van der Waals surface area (Å²) in [5.74, 6) is 1.76. The van der Waals surface area contributed by atoms with Crippen molar-refractivity contribution in [3.8, 4) is 11.5 Å². The summed E-state index contributed by atoms with van der Waals surface area (Å²) in [5, 5.41) is 0. The number of rotatable bonds is 2. The summed E-state index contributed by atoms with van der Waals surface area (Å²) >= 11 is 0. The number of ether oxygens (including phenoxy) is 2. The Morgan fingerprint density at radius 1 is 1.06 bits per heavy atom. The molecule has 0 saturated heterocycles. The van der Waals surface area contributed by atoms with Gasteiger partial charge in [-0.2, -0.15) is 0 Å². The first kappa shape index (κ1) is 10.9. The smallest absolute Gasteiger partial charge is 0.161 e. The van der Waals surface area contributed by atoms with Gasteiger partial charge in [0.2, 0.25) is 0 Å². The van der Waals surface area contributed by atoms with Gasteiger partial charge in [-0.3, -0.25) is 0 Å². The largest absolute Gasteiger partial charge is 0.490 e. The molecule has 1 saturated carbocycles. The van der Waals surface area contributed by atoms with E-state index in [0.717, 1.165) is 37.7 Å². The molecule has 3 rings (SSSR count). The first-order valence-electron chi connectivity index (χ1n) is 6.44. The van der Waals surface area contributed by atoms with Gasteiger partial charge in [-0.05, 0) is 30.5 Å². The highest BCUT2D eigenvalue weighted by molar-refractivity contribution is 5.46. The Morgan fingerprint density at radius 3 is 2.47 bits per heavy atom. The molecule has 0 atom stereocenters. The predicted octanol–water partition coefficient (Wildman–Crippen LogP) is 2.23. The van der Waals surface area contributed by atoms with Gasteiger partial charge < -0.3 is 15.2 Å². The molecule has 17 heavy (non-hydrogen) atoms. The molecule has 0 radical (unpaired) electrons. The van der Waals surface area contributed by atoms with E-state index in [2.05, 4.69) is 12.1 Å². The van der Waals surface area contributed by atoms with E-state index in [1.54, 1.807) is 0 Å². The first-order chi connectivity index (χ1) is 8.34. The third-order valence-corrected chi connectivity index (χ3v) is 4.06. The second-order valence-electron chi connectivity index (χ2n) is 5.05. The second-order valence-corrected chi connectivity index (χ2v) is 5.05. The quantitative estimate of drug-likeness (QED) is 0.852. The lowest BCUT2D eigenvalue weighted by Gasteiger charge is -2.41. The van der Waals surface area contributed by atoms with E-state index < -0.39 is 0 Å². The van der Waals surface area contributed by atoms with E-state index in [-0.39, 0.29) is 5.41 Å². The average molecular weight is 233 g/mol. The summed E-state index contributed by atoms with van der Waals surface area (Å²) in [7, 11) is 0. The third-order valence-electron chi connectivity index (χ3n) is 4.06. The monoisotopic (exact) mass is 233 g/mol. The molecular weight excluding hydrogens is 214 g/mol. The van der Waals surface area contributed by atoms with Crippen LogP contribution in [0.15, 0.2) is 18.2 Å². The second kappa shape index (κ2) is 4.22. The highest BCUT2D eigenvalue weighted by atomic mass is 16.5. The lowest BCUT2D eigenvalue weighted by Crippen LogP contribution is -2.41. The van der Waals surface area contributed by atoms with Crippen LogP contribution in [0.2, 0.25) is 0 Å². The number of fused-ring (bicyclic) bond motifs is 1. The van der Waals surface area contributed by atoms with E-state index in [4.69, 9.17) is 15.2 Å². The maximum atomic E-state index is 5.94. The Hall–Kier alpha value is -1.22.